The van der Waals surface area contributed by atoms with Crippen LogP contribution in [0.2, 0.25) is 0 Å². The van der Waals surface area contributed by atoms with Gasteiger partial charge in [-0.2, -0.15) is 13.2 Å². The Kier molecular flexibility index (Phi) is 5.95. The van der Waals surface area contributed by atoms with Crippen molar-refractivity contribution in [1.82, 2.24) is 9.62 Å². The Hall–Kier alpha value is -2.33. The Labute approximate surface area is 161 Å². The number of allylic oxidation sites excluding steroid dienone is 3. The third-order valence-electron chi connectivity index (χ3n) is 4.44. The van der Waals surface area contributed by atoms with Crippen LogP contribution in [0.4, 0.5) is 13.2 Å². The standard InChI is InChI=1S/C18H21F3N2O4S/c1-10-14(17(24)27-5)15(12-8-6-7-9-13(12)18(19,20)21)16(11(2)22-10)28(25,26)23(3)4/h6-9,15,22H,1-5H3. The summed E-state index contributed by atoms with van der Waals surface area (Å²) in [5, 5.41) is 2.78. The lowest BCUT2D eigenvalue weighted by Gasteiger charge is -2.33. The van der Waals surface area contributed by atoms with Crippen molar-refractivity contribution >= 4 is 16.0 Å². The molecule has 28 heavy (non-hydrogen) atoms. The van der Waals surface area contributed by atoms with Gasteiger partial charge >= 0.3 is 12.1 Å². The highest BCUT2D eigenvalue weighted by molar-refractivity contribution is 7.93. The Morgan fingerprint density at radius 1 is 1.14 bits per heavy atom. The molecule has 1 aromatic rings. The van der Waals surface area contributed by atoms with Crippen LogP contribution < -0.4 is 5.32 Å². The second kappa shape index (κ2) is 7.59. The maximum absolute atomic E-state index is 13.7. The van der Waals surface area contributed by atoms with Crippen molar-refractivity contribution in [3.8, 4) is 0 Å². The van der Waals surface area contributed by atoms with Gasteiger partial charge in [0.1, 0.15) is 0 Å². The van der Waals surface area contributed by atoms with E-state index in [1.54, 1.807) is 0 Å². The maximum Gasteiger partial charge on any atom is 0.416 e. The minimum atomic E-state index is -4.74. The fourth-order valence-electron chi connectivity index (χ4n) is 3.20. The lowest BCUT2D eigenvalue weighted by Crippen LogP contribution is -2.36. The molecule has 10 heteroatoms. The van der Waals surface area contributed by atoms with Crippen molar-refractivity contribution in [1.29, 1.82) is 0 Å². The number of hydrogen-bond donors (Lipinski definition) is 1. The first-order valence-electron chi connectivity index (χ1n) is 8.19. The van der Waals surface area contributed by atoms with Crippen LogP contribution in [0, 0.1) is 0 Å². The summed E-state index contributed by atoms with van der Waals surface area (Å²) < 4.78 is 72.6. The first-order chi connectivity index (χ1) is 12.8. The zero-order valence-electron chi connectivity index (χ0n) is 16.0. The molecule has 0 fully saturated rings. The number of carbonyl (C=O) groups excluding carboxylic acids is 1. The zero-order chi connectivity index (χ0) is 21.4. The van der Waals surface area contributed by atoms with E-state index in [1.807, 2.05) is 0 Å². The number of dihydropyridines is 1. The molecule has 0 saturated heterocycles. The Morgan fingerprint density at radius 2 is 1.71 bits per heavy atom. The third kappa shape index (κ3) is 3.79. The number of esters is 1. The van der Waals surface area contributed by atoms with Crippen LogP contribution in [0.3, 0.4) is 0 Å². The van der Waals surface area contributed by atoms with Gasteiger partial charge in [-0.05, 0) is 25.5 Å². The van der Waals surface area contributed by atoms with Crippen LogP contribution in [-0.4, -0.2) is 39.9 Å². The molecule has 0 radical (unpaired) electrons. The molecule has 1 aliphatic heterocycles. The fraction of sp³-hybridized carbons (Fsp3) is 0.389. The smallest absolute Gasteiger partial charge is 0.416 e. The number of benzene rings is 1. The van der Waals surface area contributed by atoms with Crippen molar-refractivity contribution in [2.75, 3.05) is 21.2 Å². The van der Waals surface area contributed by atoms with Crippen molar-refractivity contribution < 1.29 is 31.1 Å². The molecule has 0 saturated carbocycles. The number of rotatable bonds is 4. The predicted molar refractivity (Wildman–Crippen MR) is 97.3 cm³/mol. The summed E-state index contributed by atoms with van der Waals surface area (Å²) in [5.41, 5.74) is -1.18. The van der Waals surface area contributed by atoms with Gasteiger partial charge in [0.25, 0.3) is 0 Å². The molecule has 154 valence electrons. The summed E-state index contributed by atoms with van der Waals surface area (Å²) >= 11 is 0. The molecule has 1 heterocycles. The molecule has 0 bridgehead atoms. The molecule has 1 aliphatic rings. The largest absolute Gasteiger partial charge is 0.466 e. The van der Waals surface area contributed by atoms with Gasteiger partial charge in [-0.15, -0.1) is 0 Å². The summed E-state index contributed by atoms with van der Waals surface area (Å²) in [5.74, 6) is -2.38. The van der Waals surface area contributed by atoms with E-state index in [1.165, 1.54) is 46.1 Å². The van der Waals surface area contributed by atoms with E-state index in [2.05, 4.69) is 5.32 Å². The number of ether oxygens (including phenoxy) is 1. The van der Waals surface area contributed by atoms with Crippen molar-refractivity contribution in [2.45, 2.75) is 25.9 Å². The average Bonchev–Trinajstić information content (AvgIpc) is 2.59. The van der Waals surface area contributed by atoms with Crippen LogP contribution in [0.15, 0.2) is 46.1 Å². The predicted octanol–water partition coefficient (Wildman–Crippen LogP) is 2.96. The highest BCUT2D eigenvalue weighted by atomic mass is 32.2. The molecule has 1 aromatic carbocycles. The summed E-state index contributed by atoms with van der Waals surface area (Å²) in [4.78, 5) is 12.1. The highest BCUT2D eigenvalue weighted by Crippen LogP contribution is 2.45. The minimum absolute atomic E-state index is 0.140. The second-order valence-corrected chi connectivity index (χ2v) is 8.57. The molecule has 2 rings (SSSR count). The van der Waals surface area contributed by atoms with Gasteiger partial charge in [0.05, 0.1) is 29.1 Å². The van der Waals surface area contributed by atoms with E-state index in [-0.39, 0.29) is 27.4 Å². The van der Waals surface area contributed by atoms with Crippen LogP contribution in [-0.2, 0) is 25.7 Å². The molecule has 0 amide bonds. The Morgan fingerprint density at radius 3 is 2.21 bits per heavy atom. The van der Waals surface area contributed by atoms with Crippen LogP contribution in [0.5, 0.6) is 0 Å². The van der Waals surface area contributed by atoms with E-state index in [4.69, 9.17) is 4.74 Å². The van der Waals surface area contributed by atoms with Gasteiger partial charge in [-0.25, -0.2) is 17.5 Å². The molecular formula is C18H21F3N2O4S. The summed E-state index contributed by atoms with van der Waals surface area (Å²) in [6, 6.07) is 4.61. The Bertz CT molecular complexity index is 963. The molecule has 6 nitrogen and oxygen atoms in total. The van der Waals surface area contributed by atoms with Crippen molar-refractivity contribution in [3.63, 3.8) is 0 Å². The molecule has 1 N–H and O–H groups in total. The topological polar surface area (TPSA) is 75.7 Å². The molecule has 0 spiro atoms. The summed E-state index contributed by atoms with van der Waals surface area (Å²) in [6.07, 6.45) is -4.74. The molecular weight excluding hydrogens is 397 g/mol. The molecule has 0 aliphatic carbocycles. The van der Waals surface area contributed by atoms with Gasteiger partial charge < -0.3 is 10.1 Å². The van der Waals surface area contributed by atoms with Crippen molar-refractivity contribution in [2.24, 2.45) is 0 Å². The summed E-state index contributed by atoms with van der Waals surface area (Å²) in [7, 11) is -0.543. The minimum Gasteiger partial charge on any atom is -0.466 e. The van der Waals surface area contributed by atoms with E-state index in [0.29, 0.717) is 0 Å². The van der Waals surface area contributed by atoms with Gasteiger partial charge in [0.15, 0.2) is 0 Å². The average molecular weight is 418 g/mol. The molecule has 1 unspecified atom stereocenters. The van der Waals surface area contributed by atoms with E-state index >= 15 is 0 Å². The zero-order valence-corrected chi connectivity index (χ0v) is 16.8. The first-order valence-corrected chi connectivity index (χ1v) is 9.63. The van der Waals surface area contributed by atoms with Gasteiger partial charge in [-0.3, -0.25) is 0 Å². The maximum atomic E-state index is 13.7. The quantitative estimate of drug-likeness (QED) is 0.761. The fourth-order valence-corrected chi connectivity index (χ4v) is 4.57. The summed E-state index contributed by atoms with van der Waals surface area (Å²) in [6.45, 7) is 2.93. The van der Waals surface area contributed by atoms with E-state index in [0.717, 1.165) is 17.5 Å². The van der Waals surface area contributed by atoms with E-state index < -0.39 is 33.7 Å². The number of alkyl halides is 3. The van der Waals surface area contributed by atoms with Crippen LogP contribution in [0.25, 0.3) is 0 Å². The van der Waals surface area contributed by atoms with E-state index in [9.17, 15) is 26.4 Å². The number of sulfonamides is 1. The van der Waals surface area contributed by atoms with Gasteiger partial charge in [-0.1, -0.05) is 18.2 Å². The van der Waals surface area contributed by atoms with Gasteiger partial charge in [0, 0.05) is 25.5 Å². The van der Waals surface area contributed by atoms with Gasteiger partial charge in [0.2, 0.25) is 10.0 Å². The number of halogens is 3. The normalized spacial score (nSPS) is 18.4. The third-order valence-corrected chi connectivity index (χ3v) is 6.50. The monoisotopic (exact) mass is 418 g/mol. The molecule has 1 atom stereocenters. The first kappa shape index (κ1) is 22.0. The number of hydrogen-bond acceptors (Lipinski definition) is 5. The van der Waals surface area contributed by atoms with Crippen LogP contribution in [0.1, 0.15) is 30.9 Å². The molecule has 0 aromatic heterocycles. The second-order valence-electron chi connectivity index (χ2n) is 6.45. The van der Waals surface area contributed by atoms with Crippen LogP contribution >= 0.6 is 0 Å². The number of nitrogens with one attached hydrogen (secondary N) is 1. The van der Waals surface area contributed by atoms with Crippen molar-refractivity contribution in [3.05, 3.63) is 57.3 Å². The number of methoxy groups -OCH3 is 1. The lowest BCUT2D eigenvalue weighted by atomic mass is 9.84. The Balaban J connectivity index is 2.93. The number of nitrogens with zero attached hydrogens (tertiary/aromatic N) is 1. The lowest BCUT2D eigenvalue weighted by molar-refractivity contribution is -0.139. The highest BCUT2D eigenvalue weighted by Gasteiger charge is 2.44. The number of carbonyl (C=O) groups is 1. The SMILES string of the molecule is COC(=O)C1=C(C)NC(C)=C(S(=O)(=O)N(C)C)C1c1ccccc1C(F)(F)F.